The molecule has 0 bridgehead atoms. The first-order valence-electron chi connectivity index (χ1n) is 6.89. The van der Waals surface area contributed by atoms with Gasteiger partial charge in [-0.3, -0.25) is 14.9 Å². The Labute approximate surface area is 130 Å². The quantitative estimate of drug-likeness (QED) is 0.821. The van der Waals surface area contributed by atoms with Crippen molar-refractivity contribution < 1.29 is 4.74 Å². The highest BCUT2D eigenvalue weighted by Gasteiger charge is 2.04. The lowest BCUT2D eigenvalue weighted by atomic mass is 10.2. The van der Waals surface area contributed by atoms with Crippen molar-refractivity contribution in [2.24, 2.45) is 0 Å². The molecule has 5 heteroatoms. The second-order valence-electron chi connectivity index (χ2n) is 5.15. The minimum absolute atomic E-state index is 0.623. The van der Waals surface area contributed by atoms with Crippen LogP contribution in [0.25, 0.3) is 0 Å². The van der Waals surface area contributed by atoms with Crippen LogP contribution in [0.4, 0.5) is 0 Å². The Kier molecular flexibility index (Phi) is 5.53. The van der Waals surface area contributed by atoms with E-state index >= 15 is 0 Å². The zero-order chi connectivity index (χ0) is 15.2. The number of benzene rings is 1. The van der Waals surface area contributed by atoms with Crippen LogP contribution in [0.5, 0.6) is 5.75 Å². The van der Waals surface area contributed by atoms with E-state index in [2.05, 4.69) is 14.9 Å². The van der Waals surface area contributed by atoms with E-state index in [1.54, 1.807) is 6.20 Å². The summed E-state index contributed by atoms with van der Waals surface area (Å²) in [7, 11) is 2.04. The summed E-state index contributed by atoms with van der Waals surface area (Å²) < 4.78 is 5.78. The van der Waals surface area contributed by atoms with Crippen molar-refractivity contribution in [2.45, 2.75) is 20.4 Å². The Morgan fingerprint density at radius 1 is 1.19 bits per heavy atom. The summed E-state index contributed by atoms with van der Waals surface area (Å²) in [5.74, 6) is 0.878. The van der Waals surface area contributed by atoms with Gasteiger partial charge < -0.3 is 4.74 Å². The Morgan fingerprint density at radius 3 is 2.67 bits per heavy atom. The normalized spacial score (nSPS) is 10.9. The van der Waals surface area contributed by atoms with Crippen LogP contribution < -0.4 is 4.74 Å². The third-order valence-electron chi connectivity index (χ3n) is 3.13. The molecule has 1 aromatic carbocycles. The molecule has 0 radical (unpaired) electrons. The van der Waals surface area contributed by atoms with E-state index < -0.39 is 0 Å². The van der Waals surface area contributed by atoms with Gasteiger partial charge in [0.1, 0.15) is 12.4 Å². The Bertz CT molecular complexity index is 587. The van der Waals surface area contributed by atoms with E-state index in [0.717, 1.165) is 40.8 Å². The minimum atomic E-state index is 0.623. The summed E-state index contributed by atoms with van der Waals surface area (Å²) in [6, 6.07) is 5.65. The molecule has 0 spiro atoms. The summed E-state index contributed by atoms with van der Waals surface area (Å²) in [6.07, 6.45) is 3.60. The molecule has 0 unspecified atom stereocenters. The molecule has 4 nitrogen and oxygen atoms in total. The van der Waals surface area contributed by atoms with E-state index in [1.165, 1.54) is 0 Å². The standard InChI is InChI=1S/C16H20ClN3O/c1-12-8-14(17)4-5-16(12)21-7-6-20(3)11-15-10-18-13(2)9-19-15/h4-5,8-10H,6-7,11H2,1-3H3. The maximum atomic E-state index is 5.93. The van der Waals surface area contributed by atoms with Gasteiger partial charge in [-0.1, -0.05) is 11.6 Å². The maximum Gasteiger partial charge on any atom is 0.122 e. The van der Waals surface area contributed by atoms with E-state index in [4.69, 9.17) is 16.3 Å². The topological polar surface area (TPSA) is 38.2 Å². The molecule has 1 aromatic heterocycles. The molecule has 2 aromatic rings. The molecule has 0 fully saturated rings. The number of hydrogen-bond acceptors (Lipinski definition) is 4. The lowest BCUT2D eigenvalue weighted by Gasteiger charge is -2.17. The monoisotopic (exact) mass is 305 g/mol. The molecular formula is C16H20ClN3O. The molecule has 0 atom stereocenters. The van der Waals surface area contributed by atoms with Crippen LogP contribution in [0.1, 0.15) is 17.0 Å². The zero-order valence-electron chi connectivity index (χ0n) is 12.6. The number of halogens is 1. The van der Waals surface area contributed by atoms with Crippen LogP contribution in [-0.2, 0) is 6.54 Å². The molecule has 0 saturated heterocycles. The summed E-state index contributed by atoms with van der Waals surface area (Å²) in [5.41, 5.74) is 2.95. The van der Waals surface area contributed by atoms with Gasteiger partial charge in [0.05, 0.1) is 11.4 Å². The number of hydrogen-bond donors (Lipinski definition) is 0. The number of aryl methyl sites for hydroxylation is 2. The van der Waals surface area contributed by atoms with E-state index in [-0.39, 0.29) is 0 Å². The summed E-state index contributed by atoms with van der Waals surface area (Å²) in [4.78, 5) is 10.8. The van der Waals surface area contributed by atoms with Gasteiger partial charge in [-0.15, -0.1) is 0 Å². The van der Waals surface area contributed by atoms with Gasteiger partial charge in [-0.2, -0.15) is 0 Å². The smallest absolute Gasteiger partial charge is 0.122 e. The molecule has 0 aliphatic carbocycles. The van der Waals surface area contributed by atoms with Crippen LogP contribution in [0.2, 0.25) is 5.02 Å². The van der Waals surface area contributed by atoms with Crippen LogP contribution in [0, 0.1) is 13.8 Å². The average Bonchev–Trinajstić information content (AvgIpc) is 2.44. The number of rotatable bonds is 6. The van der Waals surface area contributed by atoms with Crippen molar-refractivity contribution >= 4 is 11.6 Å². The molecule has 21 heavy (non-hydrogen) atoms. The van der Waals surface area contributed by atoms with Gasteiger partial charge >= 0.3 is 0 Å². The Balaban J connectivity index is 1.78. The van der Waals surface area contributed by atoms with Gasteiger partial charge in [0.15, 0.2) is 0 Å². The molecule has 2 rings (SSSR count). The second kappa shape index (κ2) is 7.38. The minimum Gasteiger partial charge on any atom is -0.492 e. The third kappa shape index (κ3) is 4.99. The molecule has 0 aliphatic heterocycles. The molecule has 112 valence electrons. The zero-order valence-corrected chi connectivity index (χ0v) is 13.4. The third-order valence-corrected chi connectivity index (χ3v) is 3.37. The fourth-order valence-electron chi connectivity index (χ4n) is 1.94. The Hall–Kier alpha value is -1.65. The lowest BCUT2D eigenvalue weighted by molar-refractivity contribution is 0.230. The molecule has 0 N–H and O–H groups in total. The van der Waals surface area contributed by atoms with Crippen molar-refractivity contribution in [1.82, 2.24) is 14.9 Å². The number of ether oxygens (including phenoxy) is 1. The van der Waals surface area contributed by atoms with Crippen molar-refractivity contribution in [1.29, 1.82) is 0 Å². The van der Waals surface area contributed by atoms with Crippen LogP contribution in [-0.4, -0.2) is 35.1 Å². The highest BCUT2D eigenvalue weighted by Crippen LogP contribution is 2.21. The fourth-order valence-corrected chi connectivity index (χ4v) is 2.17. The molecule has 1 heterocycles. The predicted octanol–water partition coefficient (Wildman–Crippen LogP) is 3.26. The van der Waals surface area contributed by atoms with E-state index in [1.807, 2.05) is 45.3 Å². The highest BCUT2D eigenvalue weighted by molar-refractivity contribution is 6.30. The van der Waals surface area contributed by atoms with Crippen molar-refractivity contribution in [3.05, 3.63) is 52.6 Å². The van der Waals surface area contributed by atoms with Gasteiger partial charge in [0.2, 0.25) is 0 Å². The van der Waals surface area contributed by atoms with Gasteiger partial charge in [-0.25, -0.2) is 0 Å². The number of likely N-dealkylation sites (N-methyl/N-ethyl adjacent to an activating group) is 1. The van der Waals surface area contributed by atoms with Gasteiger partial charge in [0.25, 0.3) is 0 Å². The molecule has 0 aliphatic rings. The van der Waals surface area contributed by atoms with Gasteiger partial charge in [0, 0.05) is 30.5 Å². The van der Waals surface area contributed by atoms with Crippen molar-refractivity contribution in [3.8, 4) is 5.75 Å². The lowest BCUT2D eigenvalue weighted by Crippen LogP contribution is -2.24. The first-order chi connectivity index (χ1) is 10.0. The summed E-state index contributed by atoms with van der Waals surface area (Å²) in [5, 5.41) is 0.731. The van der Waals surface area contributed by atoms with Crippen molar-refractivity contribution in [3.63, 3.8) is 0 Å². The fraction of sp³-hybridized carbons (Fsp3) is 0.375. The summed E-state index contributed by atoms with van der Waals surface area (Å²) in [6.45, 7) is 6.13. The molecular weight excluding hydrogens is 286 g/mol. The van der Waals surface area contributed by atoms with Crippen LogP contribution in [0.3, 0.4) is 0 Å². The Morgan fingerprint density at radius 2 is 2.00 bits per heavy atom. The van der Waals surface area contributed by atoms with E-state index in [9.17, 15) is 0 Å². The summed E-state index contributed by atoms with van der Waals surface area (Å²) >= 11 is 5.93. The largest absolute Gasteiger partial charge is 0.492 e. The van der Waals surface area contributed by atoms with Gasteiger partial charge in [-0.05, 0) is 44.7 Å². The first kappa shape index (κ1) is 15.7. The highest BCUT2D eigenvalue weighted by atomic mass is 35.5. The first-order valence-corrected chi connectivity index (χ1v) is 7.27. The van der Waals surface area contributed by atoms with Crippen LogP contribution in [0.15, 0.2) is 30.6 Å². The SMILES string of the molecule is Cc1cnc(CN(C)CCOc2ccc(Cl)cc2C)cn1. The second-order valence-corrected chi connectivity index (χ2v) is 5.58. The average molecular weight is 306 g/mol. The van der Waals surface area contributed by atoms with Crippen molar-refractivity contribution in [2.75, 3.05) is 20.2 Å². The van der Waals surface area contributed by atoms with E-state index in [0.29, 0.717) is 6.61 Å². The maximum absolute atomic E-state index is 5.93. The molecule has 0 amide bonds. The predicted molar refractivity (Wildman–Crippen MR) is 84.8 cm³/mol. The number of aromatic nitrogens is 2. The van der Waals surface area contributed by atoms with Crippen LogP contribution >= 0.6 is 11.6 Å². The number of nitrogens with zero attached hydrogens (tertiary/aromatic N) is 3. The molecule has 0 saturated carbocycles.